The van der Waals surface area contributed by atoms with E-state index in [9.17, 15) is 8.78 Å². The van der Waals surface area contributed by atoms with Crippen molar-refractivity contribution >= 4 is 39.4 Å². The van der Waals surface area contributed by atoms with Crippen LogP contribution < -0.4 is 11.2 Å². The number of hydrazone groups is 1. The Balaban J connectivity index is 1.93. The molecule has 21 heavy (non-hydrogen) atoms. The molecule has 1 aromatic carbocycles. The standard InChI is InChI=1S/C13H11F2N5S/c1-20-3-2-7-10(20)4-9(14)8(12(7)15)5-17-19-13-18-11(16)6-21-13/h2-6H,16H2,1H3,(H,18,19). The summed E-state index contributed by atoms with van der Waals surface area (Å²) >= 11 is 1.25. The normalized spacial score (nSPS) is 11.6. The molecule has 0 amide bonds. The van der Waals surface area contributed by atoms with Crippen LogP contribution in [0.2, 0.25) is 0 Å². The van der Waals surface area contributed by atoms with E-state index in [2.05, 4.69) is 15.5 Å². The molecule has 0 saturated carbocycles. The van der Waals surface area contributed by atoms with Crippen LogP contribution in [0.5, 0.6) is 0 Å². The Morgan fingerprint density at radius 2 is 2.29 bits per heavy atom. The minimum absolute atomic E-state index is 0.203. The summed E-state index contributed by atoms with van der Waals surface area (Å²) in [6.07, 6.45) is 2.76. The molecule has 0 aliphatic carbocycles. The fourth-order valence-corrected chi connectivity index (χ4v) is 2.51. The van der Waals surface area contributed by atoms with E-state index >= 15 is 0 Å². The number of hydrogen-bond acceptors (Lipinski definition) is 5. The number of rotatable bonds is 3. The van der Waals surface area contributed by atoms with Gasteiger partial charge in [0, 0.05) is 24.0 Å². The van der Waals surface area contributed by atoms with Gasteiger partial charge in [-0.05, 0) is 12.1 Å². The van der Waals surface area contributed by atoms with Crippen molar-refractivity contribution in [3.05, 3.63) is 40.9 Å². The van der Waals surface area contributed by atoms with Gasteiger partial charge >= 0.3 is 0 Å². The van der Waals surface area contributed by atoms with E-state index in [-0.39, 0.29) is 5.56 Å². The second-order valence-electron chi connectivity index (χ2n) is 4.39. The van der Waals surface area contributed by atoms with Crippen LogP contribution in [0.1, 0.15) is 5.56 Å². The lowest BCUT2D eigenvalue weighted by Crippen LogP contribution is -1.99. The maximum atomic E-state index is 14.3. The number of benzene rings is 1. The highest BCUT2D eigenvalue weighted by molar-refractivity contribution is 7.14. The van der Waals surface area contributed by atoms with Crippen LogP contribution in [0.4, 0.5) is 19.7 Å². The third-order valence-electron chi connectivity index (χ3n) is 2.99. The van der Waals surface area contributed by atoms with Gasteiger partial charge in [0.25, 0.3) is 0 Å². The number of nitrogens with zero attached hydrogens (tertiary/aromatic N) is 3. The van der Waals surface area contributed by atoms with Crippen molar-refractivity contribution in [3.8, 4) is 0 Å². The van der Waals surface area contributed by atoms with Crippen LogP contribution in [0, 0.1) is 11.6 Å². The molecule has 0 aliphatic heterocycles. The first kappa shape index (κ1) is 13.5. The van der Waals surface area contributed by atoms with Crippen molar-refractivity contribution < 1.29 is 8.78 Å². The molecule has 5 nitrogen and oxygen atoms in total. The van der Waals surface area contributed by atoms with Crippen LogP contribution in [-0.2, 0) is 7.05 Å². The maximum Gasteiger partial charge on any atom is 0.205 e. The number of nitrogen functional groups attached to an aromatic ring is 1. The monoisotopic (exact) mass is 307 g/mol. The Kier molecular flexibility index (Phi) is 3.30. The zero-order valence-electron chi connectivity index (χ0n) is 11.0. The number of nitrogens with one attached hydrogen (secondary N) is 1. The number of fused-ring (bicyclic) bond motifs is 1. The van der Waals surface area contributed by atoms with Crippen molar-refractivity contribution in [2.24, 2.45) is 12.1 Å². The quantitative estimate of drug-likeness (QED) is 0.577. The molecule has 0 spiro atoms. The smallest absolute Gasteiger partial charge is 0.205 e. The van der Waals surface area contributed by atoms with Crippen molar-refractivity contribution in [2.45, 2.75) is 0 Å². The van der Waals surface area contributed by atoms with Gasteiger partial charge in [-0.3, -0.25) is 5.43 Å². The van der Waals surface area contributed by atoms with Gasteiger partial charge in [-0.1, -0.05) is 0 Å². The second kappa shape index (κ2) is 5.13. The van der Waals surface area contributed by atoms with Gasteiger partial charge in [-0.15, -0.1) is 11.3 Å². The minimum atomic E-state index is -0.675. The predicted molar refractivity (Wildman–Crippen MR) is 80.6 cm³/mol. The number of anilines is 2. The average Bonchev–Trinajstić information content (AvgIpc) is 3.01. The molecular formula is C13H11F2N5S. The Labute approximate surface area is 122 Å². The Morgan fingerprint density at radius 1 is 1.48 bits per heavy atom. The molecule has 3 rings (SSSR count). The Morgan fingerprint density at radius 3 is 3.00 bits per heavy atom. The summed E-state index contributed by atoms with van der Waals surface area (Å²) in [5, 5.41) is 6.22. The van der Waals surface area contributed by atoms with Crippen molar-refractivity contribution in [1.29, 1.82) is 0 Å². The number of halogens is 2. The largest absolute Gasteiger partial charge is 0.383 e. The van der Waals surface area contributed by atoms with Crippen molar-refractivity contribution in [2.75, 3.05) is 11.2 Å². The number of thiazole rings is 1. The lowest BCUT2D eigenvalue weighted by molar-refractivity contribution is 0.588. The van der Waals surface area contributed by atoms with Gasteiger partial charge in [-0.25, -0.2) is 13.8 Å². The average molecular weight is 307 g/mol. The first-order valence-electron chi connectivity index (χ1n) is 5.99. The summed E-state index contributed by atoms with van der Waals surface area (Å²) < 4.78 is 29.9. The molecular weight excluding hydrogens is 296 g/mol. The zero-order valence-corrected chi connectivity index (χ0v) is 11.8. The van der Waals surface area contributed by atoms with E-state index in [1.807, 2.05) is 0 Å². The first-order chi connectivity index (χ1) is 10.1. The number of aromatic nitrogens is 2. The van der Waals surface area contributed by atoms with Crippen molar-refractivity contribution in [3.63, 3.8) is 0 Å². The third-order valence-corrected chi connectivity index (χ3v) is 3.76. The molecule has 3 aromatic rings. The summed E-state index contributed by atoms with van der Waals surface area (Å²) in [5.74, 6) is -0.957. The molecule has 0 atom stereocenters. The van der Waals surface area contributed by atoms with Crippen LogP contribution in [-0.4, -0.2) is 15.8 Å². The van der Waals surface area contributed by atoms with Gasteiger partial charge in [0.2, 0.25) is 5.13 Å². The summed E-state index contributed by atoms with van der Waals surface area (Å²) in [4.78, 5) is 3.92. The molecule has 3 N–H and O–H groups in total. The molecule has 0 fully saturated rings. The van der Waals surface area contributed by atoms with E-state index in [1.165, 1.54) is 17.4 Å². The van der Waals surface area contributed by atoms with Gasteiger partial charge in [-0.2, -0.15) is 5.10 Å². The molecule has 0 saturated heterocycles. The van der Waals surface area contributed by atoms with E-state index in [4.69, 9.17) is 5.73 Å². The number of hydrogen-bond donors (Lipinski definition) is 2. The van der Waals surface area contributed by atoms with Crippen LogP contribution in [0.15, 0.2) is 28.8 Å². The second-order valence-corrected chi connectivity index (χ2v) is 5.25. The van der Waals surface area contributed by atoms with E-state index < -0.39 is 11.6 Å². The molecule has 2 aromatic heterocycles. The van der Waals surface area contributed by atoms with E-state index in [0.29, 0.717) is 21.9 Å². The third kappa shape index (κ3) is 2.45. The summed E-state index contributed by atoms with van der Waals surface area (Å²) in [6.45, 7) is 0. The summed E-state index contributed by atoms with van der Waals surface area (Å²) in [6, 6.07) is 2.87. The van der Waals surface area contributed by atoms with Gasteiger partial charge in [0.15, 0.2) is 0 Å². The van der Waals surface area contributed by atoms with Gasteiger partial charge < -0.3 is 10.3 Å². The highest BCUT2D eigenvalue weighted by atomic mass is 32.1. The Bertz CT molecular complexity index is 837. The van der Waals surface area contributed by atoms with E-state index in [1.54, 1.807) is 29.3 Å². The molecule has 0 radical (unpaired) electrons. The lowest BCUT2D eigenvalue weighted by Gasteiger charge is -2.03. The topological polar surface area (TPSA) is 68.2 Å². The highest BCUT2D eigenvalue weighted by Crippen LogP contribution is 2.23. The summed E-state index contributed by atoms with van der Waals surface area (Å²) in [7, 11) is 1.73. The van der Waals surface area contributed by atoms with Crippen LogP contribution in [0.3, 0.4) is 0 Å². The molecule has 108 valence electrons. The maximum absolute atomic E-state index is 14.3. The molecule has 8 heteroatoms. The molecule has 0 bridgehead atoms. The van der Waals surface area contributed by atoms with Crippen molar-refractivity contribution in [1.82, 2.24) is 9.55 Å². The fourth-order valence-electron chi connectivity index (χ4n) is 1.96. The number of aryl methyl sites for hydroxylation is 1. The molecule has 0 unspecified atom stereocenters. The van der Waals surface area contributed by atoms with E-state index in [0.717, 1.165) is 6.21 Å². The molecule has 0 aliphatic rings. The van der Waals surface area contributed by atoms with Gasteiger partial charge in [0.1, 0.15) is 17.5 Å². The van der Waals surface area contributed by atoms with Crippen LogP contribution >= 0.6 is 11.3 Å². The number of nitrogens with two attached hydrogens (primary N) is 1. The molecule has 2 heterocycles. The lowest BCUT2D eigenvalue weighted by atomic mass is 10.1. The highest BCUT2D eigenvalue weighted by Gasteiger charge is 2.14. The zero-order chi connectivity index (χ0) is 15.0. The SMILES string of the molecule is Cn1ccc2c(F)c(C=NNc3nc(N)cs3)c(F)cc21. The van der Waals surface area contributed by atoms with Gasteiger partial charge in [0.05, 0.1) is 17.3 Å². The minimum Gasteiger partial charge on any atom is -0.383 e. The first-order valence-corrected chi connectivity index (χ1v) is 6.87. The Hall–Kier alpha value is -2.48. The fraction of sp³-hybridized carbons (Fsp3) is 0.0769. The van der Waals surface area contributed by atoms with Crippen LogP contribution in [0.25, 0.3) is 10.9 Å². The summed E-state index contributed by atoms with van der Waals surface area (Å²) in [5.41, 5.74) is 8.33. The predicted octanol–water partition coefficient (Wildman–Crippen LogP) is 2.94.